The van der Waals surface area contributed by atoms with Gasteiger partial charge in [-0.2, -0.15) is 5.10 Å². The number of nitrogens with zero attached hydrogens (tertiary/aromatic N) is 2. The Hall–Kier alpha value is -6.23. The minimum atomic E-state index is -2.10. The van der Waals surface area contributed by atoms with Gasteiger partial charge in [0.15, 0.2) is 5.75 Å². The number of amides is 2. The summed E-state index contributed by atoms with van der Waals surface area (Å²) in [6.45, 7) is 12.4. The number of phenols is 3. The number of hydrogen-bond acceptors (Lipinski definition) is 14. The molecule has 3 aromatic carbocycles. The number of nitrogens with one attached hydrogen (secondary N) is 1. The molecule has 7 rings (SSSR count). The molecule has 0 saturated heterocycles. The number of anilines is 1. The molecule has 3 aromatic rings. The van der Waals surface area contributed by atoms with Crippen molar-refractivity contribution in [1.82, 2.24) is 5.01 Å². The highest BCUT2D eigenvalue weighted by Gasteiger charge is 2.50. The van der Waals surface area contributed by atoms with E-state index in [1.54, 1.807) is 39.8 Å². The number of carbonyl (C=O) groups is 4. The average Bonchev–Trinajstić information content (AvgIpc) is 3.51. The molecular formula is C47H55N3O13. The Bertz CT molecular complexity index is 2460. The minimum absolute atomic E-state index is 0.00515. The summed E-state index contributed by atoms with van der Waals surface area (Å²) in [5.41, 5.74) is 0.838. The van der Waals surface area contributed by atoms with Crippen LogP contribution >= 0.6 is 0 Å². The molecule has 6 N–H and O–H groups in total. The lowest BCUT2D eigenvalue weighted by Crippen LogP contribution is -2.46. The largest absolute Gasteiger partial charge is 0.507 e. The molecule has 0 aliphatic carbocycles. The Labute approximate surface area is 365 Å². The number of benzene rings is 3. The molecule has 4 aliphatic heterocycles. The van der Waals surface area contributed by atoms with Crippen molar-refractivity contribution in [2.75, 3.05) is 12.4 Å². The lowest BCUT2D eigenvalue weighted by atomic mass is 9.78. The number of hydrazone groups is 1. The van der Waals surface area contributed by atoms with Crippen LogP contribution in [0.4, 0.5) is 5.69 Å². The molecule has 0 saturated carbocycles. The molecule has 9 unspecified atom stereocenters. The van der Waals surface area contributed by atoms with E-state index in [0.29, 0.717) is 0 Å². The molecule has 0 fully saturated rings. The van der Waals surface area contributed by atoms with E-state index in [1.165, 1.54) is 58.2 Å². The van der Waals surface area contributed by atoms with Gasteiger partial charge in [-0.1, -0.05) is 70.2 Å². The number of aromatic hydroxyl groups is 3. The van der Waals surface area contributed by atoms with Crippen molar-refractivity contribution in [2.45, 2.75) is 98.6 Å². The number of ketones is 1. The fourth-order valence-corrected chi connectivity index (χ4v) is 8.49. The van der Waals surface area contributed by atoms with Crippen LogP contribution in [0, 0.1) is 30.6 Å². The normalized spacial score (nSPS) is 28.2. The molecule has 16 heteroatoms. The van der Waals surface area contributed by atoms with Gasteiger partial charge >= 0.3 is 11.8 Å². The van der Waals surface area contributed by atoms with E-state index in [4.69, 9.17) is 18.9 Å². The summed E-state index contributed by atoms with van der Waals surface area (Å²) < 4.78 is 23.6. The maximum Gasteiger partial charge on any atom is 0.312 e. The summed E-state index contributed by atoms with van der Waals surface area (Å²) >= 11 is 0. The molecule has 16 nitrogen and oxygen atoms in total. The van der Waals surface area contributed by atoms with Crippen LogP contribution in [0.3, 0.4) is 0 Å². The van der Waals surface area contributed by atoms with E-state index in [2.05, 4.69) is 10.4 Å². The van der Waals surface area contributed by atoms with Crippen LogP contribution in [0.15, 0.2) is 65.5 Å². The third-order valence-electron chi connectivity index (χ3n) is 12.4. The quantitative estimate of drug-likeness (QED) is 0.0804. The Kier molecular flexibility index (Phi) is 13.4. The number of rotatable bonds is 4. The maximum absolute atomic E-state index is 14.5. The number of Topliss-reactive ketones (excluding diaryl/α,β-unsaturated/α-hetero) is 1. The highest BCUT2D eigenvalue weighted by Crippen LogP contribution is 2.55. The SMILES string of the molecule is COC1C=COC2(C)Oc3c(C)c(O)c4c(O)c(c(C=NN5Cc6ccccc6CC5=O)c(O)c4c3C2=O)NC(=O)C(C)=CC=CC(C)C(O)C(C)C(O)C(C)C(OC(C)=O)C1C. The van der Waals surface area contributed by atoms with Crippen LogP contribution < -0.4 is 10.1 Å². The number of aliphatic hydroxyl groups excluding tert-OH is 2. The molecule has 0 radical (unpaired) electrons. The number of allylic oxidation sites excluding steroid dienone is 2. The second-order valence-electron chi connectivity index (χ2n) is 16.8. The molecule has 4 heterocycles. The average molecular weight is 870 g/mol. The molecule has 0 spiro atoms. The van der Waals surface area contributed by atoms with Crippen molar-refractivity contribution in [2.24, 2.45) is 28.8 Å². The number of fused-ring (bicyclic) bond motifs is 15. The molecule has 63 heavy (non-hydrogen) atoms. The molecule has 0 aromatic heterocycles. The van der Waals surface area contributed by atoms with Gasteiger partial charge in [0.25, 0.3) is 11.7 Å². The number of methoxy groups -OCH3 is 1. The Morgan fingerprint density at radius 3 is 2.29 bits per heavy atom. The van der Waals surface area contributed by atoms with Gasteiger partial charge in [-0.15, -0.1) is 0 Å². The first kappa shape index (κ1) is 46.3. The lowest BCUT2D eigenvalue weighted by molar-refractivity contribution is -0.160. The predicted octanol–water partition coefficient (Wildman–Crippen LogP) is 5.67. The summed E-state index contributed by atoms with van der Waals surface area (Å²) in [6.07, 6.45) is 4.42. The molecule has 2 amide bonds. The standard InChI is InChI=1S/C47H55N3O13/c1-22-13-12-14-23(2)46(59)49-37-31(20-48-50-21-30-16-11-10-15-29(30)19-33(50)52)41(56)34-35(42(37)57)40(55)27(6)44-36(34)45(58)47(8,63-44)61-18-17-32(60-9)24(3)43(62-28(7)51)26(5)39(54)25(4)38(22)53/h10-18,20,22,24-26,32,38-39,43,53-57H,19,21H2,1-9H3,(H,49,59). The second kappa shape index (κ2) is 18.2. The molecule has 4 aliphatic rings. The van der Waals surface area contributed by atoms with Crippen molar-refractivity contribution in [1.29, 1.82) is 0 Å². The van der Waals surface area contributed by atoms with Crippen molar-refractivity contribution in [3.05, 3.63) is 88.2 Å². The fraction of sp³-hybridized carbons (Fsp3) is 0.426. The highest BCUT2D eigenvalue weighted by molar-refractivity contribution is 6.24. The summed E-state index contributed by atoms with van der Waals surface area (Å²) in [5.74, 6) is -9.38. The summed E-state index contributed by atoms with van der Waals surface area (Å²) in [4.78, 5) is 53.9. The van der Waals surface area contributed by atoms with Crippen LogP contribution in [0.2, 0.25) is 0 Å². The van der Waals surface area contributed by atoms with Gasteiger partial charge in [-0.05, 0) is 31.1 Å². The van der Waals surface area contributed by atoms with Crippen molar-refractivity contribution < 1.29 is 63.7 Å². The van der Waals surface area contributed by atoms with Crippen molar-refractivity contribution in [3.8, 4) is 23.0 Å². The first-order valence-electron chi connectivity index (χ1n) is 20.7. The van der Waals surface area contributed by atoms with Crippen LogP contribution in [0.1, 0.15) is 81.1 Å². The Morgan fingerprint density at radius 2 is 1.62 bits per heavy atom. The van der Waals surface area contributed by atoms with E-state index in [0.717, 1.165) is 17.3 Å². The number of phenolic OH excluding ortho intramolecular Hbond substituents is 3. The molecule has 9 atom stereocenters. The topological polar surface area (TPSA) is 234 Å². The highest BCUT2D eigenvalue weighted by atomic mass is 16.7. The second-order valence-corrected chi connectivity index (χ2v) is 16.8. The van der Waals surface area contributed by atoms with Gasteiger partial charge in [0.1, 0.15) is 23.4 Å². The summed E-state index contributed by atoms with van der Waals surface area (Å²) in [6, 6.07) is 7.34. The van der Waals surface area contributed by atoms with Gasteiger partial charge in [0, 0.05) is 61.2 Å². The summed E-state index contributed by atoms with van der Waals surface area (Å²) in [5, 5.41) is 66.2. The van der Waals surface area contributed by atoms with Crippen LogP contribution in [-0.2, 0) is 41.6 Å². The zero-order valence-electron chi connectivity index (χ0n) is 36.7. The van der Waals surface area contributed by atoms with Gasteiger partial charge in [0.05, 0.1) is 66.0 Å². The number of carbonyl (C=O) groups excluding carboxylic acids is 4. The number of ether oxygens (including phenoxy) is 4. The van der Waals surface area contributed by atoms with E-state index < -0.39 is 88.8 Å². The lowest BCUT2D eigenvalue weighted by Gasteiger charge is -2.38. The third-order valence-corrected chi connectivity index (χ3v) is 12.4. The minimum Gasteiger partial charge on any atom is -0.507 e. The summed E-state index contributed by atoms with van der Waals surface area (Å²) in [7, 11) is 1.42. The maximum atomic E-state index is 14.5. The van der Waals surface area contributed by atoms with Crippen molar-refractivity contribution in [3.63, 3.8) is 0 Å². The van der Waals surface area contributed by atoms with Crippen molar-refractivity contribution >= 4 is 46.2 Å². The van der Waals surface area contributed by atoms with Crippen LogP contribution in [0.5, 0.6) is 23.0 Å². The fourth-order valence-electron chi connectivity index (χ4n) is 8.49. The third kappa shape index (κ3) is 8.75. The van der Waals surface area contributed by atoms with Crippen LogP contribution in [0.25, 0.3) is 10.8 Å². The van der Waals surface area contributed by atoms with Gasteiger partial charge in [-0.3, -0.25) is 19.2 Å². The Balaban J connectivity index is 1.53. The van der Waals surface area contributed by atoms with Gasteiger partial charge in [0.2, 0.25) is 5.91 Å². The van der Waals surface area contributed by atoms with Gasteiger partial charge in [-0.25, -0.2) is 5.01 Å². The predicted molar refractivity (Wildman–Crippen MR) is 232 cm³/mol. The monoisotopic (exact) mass is 869 g/mol. The van der Waals surface area contributed by atoms with E-state index in [9.17, 15) is 44.7 Å². The van der Waals surface area contributed by atoms with E-state index in [-0.39, 0.29) is 63.3 Å². The zero-order chi connectivity index (χ0) is 46.2. The first-order chi connectivity index (χ1) is 29.7. The smallest absolute Gasteiger partial charge is 0.312 e. The molecule has 5 bridgehead atoms. The first-order valence-corrected chi connectivity index (χ1v) is 20.7. The van der Waals surface area contributed by atoms with Crippen LogP contribution in [-0.4, -0.2) is 97.6 Å². The van der Waals surface area contributed by atoms with E-state index >= 15 is 0 Å². The molecule has 336 valence electrons. The van der Waals surface area contributed by atoms with Gasteiger partial charge < -0.3 is 49.8 Å². The molecular weight excluding hydrogens is 815 g/mol. The number of hydrogen-bond donors (Lipinski definition) is 6. The Morgan fingerprint density at radius 1 is 0.937 bits per heavy atom. The number of esters is 1. The number of aliphatic hydroxyl groups is 2. The van der Waals surface area contributed by atoms with E-state index in [1.807, 2.05) is 24.3 Å². The zero-order valence-corrected chi connectivity index (χ0v) is 36.7.